The van der Waals surface area contributed by atoms with Gasteiger partial charge in [0.1, 0.15) is 0 Å². The average Bonchev–Trinajstić information content (AvgIpc) is 2.28. The van der Waals surface area contributed by atoms with E-state index in [2.05, 4.69) is 5.32 Å². The summed E-state index contributed by atoms with van der Waals surface area (Å²) in [6.45, 7) is -0.690. The Labute approximate surface area is 97.8 Å². The summed E-state index contributed by atoms with van der Waals surface area (Å²) in [7, 11) is 0. The fourth-order valence-corrected chi connectivity index (χ4v) is 1.33. The number of nitrogens with two attached hydrogens (primary N) is 1. The lowest BCUT2D eigenvalue weighted by Crippen LogP contribution is -2.40. The van der Waals surface area contributed by atoms with Crippen LogP contribution < -0.4 is 11.1 Å². The minimum Gasteiger partial charge on any atom is -0.399 e. The van der Waals surface area contributed by atoms with Crippen molar-refractivity contribution < 1.29 is 15.0 Å². The number of carbonyl (C=O) groups excluding carboxylic acids is 1. The van der Waals surface area contributed by atoms with E-state index in [1.165, 1.54) is 12.1 Å². The van der Waals surface area contributed by atoms with Crippen molar-refractivity contribution in [1.29, 1.82) is 0 Å². The summed E-state index contributed by atoms with van der Waals surface area (Å²) in [6, 6.07) is 3.82. The van der Waals surface area contributed by atoms with Crippen LogP contribution in [-0.2, 0) is 0 Å². The molecule has 1 aromatic carbocycles. The number of rotatable bonds is 4. The maximum Gasteiger partial charge on any atom is 0.253 e. The van der Waals surface area contributed by atoms with Gasteiger partial charge in [-0.1, -0.05) is 11.6 Å². The molecule has 16 heavy (non-hydrogen) atoms. The van der Waals surface area contributed by atoms with Gasteiger partial charge in [0.05, 0.1) is 29.8 Å². The highest BCUT2D eigenvalue weighted by Gasteiger charge is 2.14. The van der Waals surface area contributed by atoms with Crippen LogP contribution in [0.3, 0.4) is 0 Å². The molecule has 0 radical (unpaired) electrons. The molecule has 1 aromatic rings. The Hall–Kier alpha value is -1.30. The molecule has 0 bridgehead atoms. The second kappa shape index (κ2) is 5.69. The predicted octanol–water partition coefficient (Wildman–Crippen LogP) is 0.00520. The van der Waals surface area contributed by atoms with Crippen molar-refractivity contribution in [3.8, 4) is 0 Å². The zero-order chi connectivity index (χ0) is 12.1. The first-order chi connectivity index (χ1) is 7.58. The highest BCUT2D eigenvalue weighted by Crippen LogP contribution is 2.18. The van der Waals surface area contributed by atoms with Crippen molar-refractivity contribution >= 4 is 23.2 Å². The summed E-state index contributed by atoms with van der Waals surface area (Å²) in [5.74, 6) is -0.481. The number of hydrogen-bond acceptors (Lipinski definition) is 4. The van der Waals surface area contributed by atoms with Crippen LogP contribution in [0.15, 0.2) is 18.2 Å². The molecule has 5 nitrogen and oxygen atoms in total. The van der Waals surface area contributed by atoms with Gasteiger partial charge < -0.3 is 21.3 Å². The van der Waals surface area contributed by atoms with Crippen molar-refractivity contribution in [2.24, 2.45) is 0 Å². The van der Waals surface area contributed by atoms with Gasteiger partial charge in [-0.25, -0.2) is 0 Å². The first-order valence-electron chi connectivity index (χ1n) is 4.66. The number of halogens is 1. The minimum atomic E-state index is -0.704. The Kier molecular flexibility index (Phi) is 4.54. The van der Waals surface area contributed by atoms with Gasteiger partial charge in [-0.15, -0.1) is 0 Å². The Morgan fingerprint density at radius 2 is 2.06 bits per heavy atom. The standard InChI is InChI=1S/C10H13ClN2O3/c11-9-2-1-6(12)3-8(9)10(16)13-7(4-14)5-15/h1-3,7,14-15H,4-5,12H2,(H,13,16). The summed E-state index contributed by atoms with van der Waals surface area (Å²) >= 11 is 5.82. The van der Waals surface area contributed by atoms with Gasteiger partial charge in [-0.05, 0) is 18.2 Å². The third kappa shape index (κ3) is 3.10. The zero-order valence-electron chi connectivity index (χ0n) is 8.48. The number of aliphatic hydroxyl groups excluding tert-OH is 2. The molecule has 0 aromatic heterocycles. The molecule has 5 N–H and O–H groups in total. The molecule has 88 valence electrons. The van der Waals surface area contributed by atoms with Crippen LogP contribution in [0.2, 0.25) is 5.02 Å². The third-order valence-corrected chi connectivity index (χ3v) is 2.34. The number of benzene rings is 1. The van der Waals surface area contributed by atoms with Gasteiger partial charge >= 0.3 is 0 Å². The fraction of sp³-hybridized carbons (Fsp3) is 0.300. The summed E-state index contributed by atoms with van der Waals surface area (Å²) in [5.41, 5.74) is 6.16. The number of nitrogens with one attached hydrogen (secondary N) is 1. The lowest BCUT2D eigenvalue weighted by molar-refractivity contribution is 0.0879. The minimum absolute atomic E-state index is 0.216. The monoisotopic (exact) mass is 244 g/mol. The number of aliphatic hydroxyl groups is 2. The fourth-order valence-electron chi connectivity index (χ4n) is 1.13. The zero-order valence-corrected chi connectivity index (χ0v) is 9.24. The molecular weight excluding hydrogens is 232 g/mol. The van der Waals surface area contributed by atoms with E-state index in [9.17, 15) is 4.79 Å². The van der Waals surface area contributed by atoms with Crippen LogP contribution in [0.4, 0.5) is 5.69 Å². The third-order valence-electron chi connectivity index (χ3n) is 2.01. The summed E-state index contributed by atoms with van der Waals surface area (Å²) in [4.78, 5) is 11.7. The maximum absolute atomic E-state index is 11.7. The quantitative estimate of drug-likeness (QED) is 0.561. The first-order valence-corrected chi connectivity index (χ1v) is 5.04. The Morgan fingerprint density at radius 3 is 2.62 bits per heavy atom. The summed E-state index contributed by atoms with van der Waals surface area (Å²) in [5, 5.41) is 20.3. The molecule has 0 atom stereocenters. The average molecular weight is 245 g/mol. The van der Waals surface area contributed by atoms with E-state index in [-0.39, 0.29) is 23.8 Å². The number of nitrogen functional groups attached to an aromatic ring is 1. The van der Waals surface area contributed by atoms with Gasteiger partial charge in [0, 0.05) is 5.69 Å². The highest BCUT2D eigenvalue weighted by atomic mass is 35.5. The Morgan fingerprint density at radius 1 is 1.44 bits per heavy atom. The van der Waals surface area contributed by atoms with Crippen LogP contribution in [-0.4, -0.2) is 35.4 Å². The van der Waals surface area contributed by atoms with Gasteiger partial charge in [0.2, 0.25) is 0 Å². The number of hydrogen-bond donors (Lipinski definition) is 4. The molecule has 0 heterocycles. The van der Waals surface area contributed by atoms with Crippen molar-refractivity contribution in [3.05, 3.63) is 28.8 Å². The number of carbonyl (C=O) groups is 1. The normalized spacial score (nSPS) is 10.5. The molecule has 0 aliphatic heterocycles. The molecule has 0 saturated carbocycles. The molecule has 0 aliphatic carbocycles. The lowest BCUT2D eigenvalue weighted by atomic mass is 10.1. The van der Waals surface area contributed by atoms with Crippen molar-refractivity contribution in [2.75, 3.05) is 18.9 Å². The van der Waals surface area contributed by atoms with Crippen LogP contribution in [0.1, 0.15) is 10.4 Å². The number of anilines is 1. The van der Waals surface area contributed by atoms with E-state index in [1.54, 1.807) is 6.07 Å². The molecule has 1 rings (SSSR count). The smallest absolute Gasteiger partial charge is 0.253 e. The molecular formula is C10H13ClN2O3. The van der Waals surface area contributed by atoms with E-state index >= 15 is 0 Å². The van der Waals surface area contributed by atoms with E-state index in [0.717, 1.165) is 0 Å². The van der Waals surface area contributed by atoms with E-state index in [1.807, 2.05) is 0 Å². The van der Waals surface area contributed by atoms with Crippen molar-refractivity contribution in [1.82, 2.24) is 5.32 Å². The van der Waals surface area contributed by atoms with Gasteiger partial charge in [0.25, 0.3) is 5.91 Å². The van der Waals surface area contributed by atoms with Gasteiger partial charge in [0.15, 0.2) is 0 Å². The van der Waals surface area contributed by atoms with E-state index < -0.39 is 11.9 Å². The molecule has 0 saturated heterocycles. The van der Waals surface area contributed by atoms with Crippen LogP contribution in [0.5, 0.6) is 0 Å². The second-order valence-corrected chi connectivity index (χ2v) is 3.68. The summed E-state index contributed by atoms with van der Waals surface area (Å²) < 4.78 is 0. The maximum atomic E-state index is 11.7. The highest BCUT2D eigenvalue weighted by molar-refractivity contribution is 6.34. The molecule has 0 aliphatic rings. The van der Waals surface area contributed by atoms with Gasteiger partial charge in [-0.2, -0.15) is 0 Å². The van der Waals surface area contributed by atoms with Crippen molar-refractivity contribution in [2.45, 2.75) is 6.04 Å². The SMILES string of the molecule is Nc1ccc(Cl)c(C(=O)NC(CO)CO)c1. The van der Waals surface area contributed by atoms with E-state index in [0.29, 0.717) is 5.69 Å². The first kappa shape index (κ1) is 12.8. The number of amides is 1. The van der Waals surface area contributed by atoms with Crippen LogP contribution in [0.25, 0.3) is 0 Å². The Bertz CT molecular complexity index is 380. The molecule has 1 amide bonds. The van der Waals surface area contributed by atoms with Crippen LogP contribution >= 0.6 is 11.6 Å². The van der Waals surface area contributed by atoms with E-state index in [4.69, 9.17) is 27.5 Å². The Balaban J connectivity index is 2.83. The largest absolute Gasteiger partial charge is 0.399 e. The van der Waals surface area contributed by atoms with Gasteiger partial charge in [-0.3, -0.25) is 4.79 Å². The molecule has 6 heteroatoms. The van der Waals surface area contributed by atoms with Crippen LogP contribution in [0, 0.1) is 0 Å². The molecule has 0 spiro atoms. The van der Waals surface area contributed by atoms with Crippen molar-refractivity contribution in [3.63, 3.8) is 0 Å². The predicted molar refractivity (Wildman–Crippen MR) is 61.3 cm³/mol. The summed E-state index contributed by atoms with van der Waals surface area (Å²) in [6.07, 6.45) is 0. The molecule has 0 unspecified atom stereocenters. The topological polar surface area (TPSA) is 95.6 Å². The second-order valence-electron chi connectivity index (χ2n) is 3.27. The lowest BCUT2D eigenvalue weighted by Gasteiger charge is -2.14. The molecule has 0 fully saturated rings.